The second-order valence-corrected chi connectivity index (χ2v) is 4.54. The molecule has 1 aromatic heterocycles. The van der Waals surface area contributed by atoms with E-state index in [1.54, 1.807) is 23.9 Å². The molecule has 1 aromatic carbocycles. The number of hydrogen-bond donors (Lipinski definition) is 1. The van der Waals surface area contributed by atoms with E-state index in [1.807, 2.05) is 23.0 Å². The molecule has 0 amide bonds. The van der Waals surface area contributed by atoms with Crippen LogP contribution in [-0.4, -0.2) is 14.9 Å². The summed E-state index contributed by atoms with van der Waals surface area (Å²) in [6.45, 7) is 2.98. The molecule has 0 aliphatic heterocycles. The maximum Gasteiger partial charge on any atom is 0.115 e. The van der Waals surface area contributed by atoms with Crippen LogP contribution in [0.2, 0.25) is 0 Å². The van der Waals surface area contributed by atoms with Gasteiger partial charge in [0.15, 0.2) is 0 Å². The average molecular weight is 234 g/mol. The third-order valence-electron chi connectivity index (χ3n) is 2.25. The Balaban J connectivity index is 1.94. The third kappa shape index (κ3) is 2.79. The summed E-state index contributed by atoms with van der Waals surface area (Å²) in [6, 6.07) is 7.25. The minimum Gasteiger partial charge on any atom is -0.508 e. The van der Waals surface area contributed by atoms with Crippen LogP contribution in [0, 0.1) is 0 Å². The van der Waals surface area contributed by atoms with Gasteiger partial charge in [0.05, 0.1) is 6.20 Å². The lowest BCUT2D eigenvalue weighted by Gasteiger charge is -1.99. The van der Waals surface area contributed by atoms with Crippen LogP contribution in [0.15, 0.2) is 41.6 Å². The van der Waals surface area contributed by atoms with Gasteiger partial charge in [-0.3, -0.25) is 4.68 Å². The van der Waals surface area contributed by atoms with E-state index >= 15 is 0 Å². The maximum absolute atomic E-state index is 9.15. The van der Waals surface area contributed by atoms with Gasteiger partial charge in [0.25, 0.3) is 0 Å². The molecule has 1 heterocycles. The average Bonchev–Trinajstić information content (AvgIpc) is 2.76. The van der Waals surface area contributed by atoms with E-state index < -0.39 is 0 Å². The fraction of sp³-hybridized carbons (Fsp3) is 0.250. The van der Waals surface area contributed by atoms with E-state index in [-0.39, 0.29) is 0 Å². The number of nitrogens with zero attached hydrogens (tertiary/aromatic N) is 2. The van der Waals surface area contributed by atoms with Gasteiger partial charge in [-0.1, -0.05) is 0 Å². The van der Waals surface area contributed by atoms with Gasteiger partial charge in [-0.2, -0.15) is 5.10 Å². The van der Waals surface area contributed by atoms with Gasteiger partial charge >= 0.3 is 0 Å². The van der Waals surface area contributed by atoms with Crippen molar-refractivity contribution < 1.29 is 5.11 Å². The van der Waals surface area contributed by atoms with Crippen LogP contribution in [0.5, 0.6) is 5.75 Å². The normalized spacial score (nSPS) is 10.6. The number of rotatable bonds is 4. The number of phenols is 1. The highest BCUT2D eigenvalue weighted by atomic mass is 32.2. The Morgan fingerprint density at radius 3 is 2.69 bits per heavy atom. The topological polar surface area (TPSA) is 38.0 Å². The molecule has 0 bridgehead atoms. The summed E-state index contributed by atoms with van der Waals surface area (Å²) in [6.07, 6.45) is 3.96. The first-order valence-electron chi connectivity index (χ1n) is 5.21. The molecule has 0 radical (unpaired) electrons. The van der Waals surface area contributed by atoms with Gasteiger partial charge in [-0.15, -0.1) is 11.8 Å². The molecule has 0 fully saturated rings. The summed E-state index contributed by atoms with van der Waals surface area (Å²) in [4.78, 5) is 1.15. The Bertz CT molecular complexity index is 450. The summed E-state index contributed by atoms with van der Waals surface area (Å²) in [5.41, 5.74) is 1.22. The Morgan fingerprint density at radius 1 is 1.31 bits per heavy atom. The van der Waals surface area contributed by atoms with Crippen molar-refractivity contribution in [3.05, 3.63) is 42.2 Å². The van der Waals surface area contributed by atoms with E-state index in [9.17, 15) is 0 Å². The molecule has 4 heteroatoms. The molecule has 2 rings (SSSR count). The molecule has 0 spiro atoms. The van der Waals surface area contributed by atoms with Crippen molar-refractivity contribution in [2.24, 2.45) is 0 Å². The number of aromatic nitrogens is 2. The predicted molar refractivity (Wildman–Crippen MR) is 65.6 cm³/mol. The first-order valence-corrected chi connectivity index (χ1v) is 6.19. The fourth-order valence-electron chi connectivity index (χ4n) is 1.36. The smallest absolute Gasteiger partial charge is 0.115 e. The molecule has 0 aliphatic rings. The molecule has 16 heavy (non-hydrogen) atoms. The first-order chi connectivity index (χ1) is 7.78. The SMILES string of the molecule is CCn1cc(CSc2ccc(O)cc2)cn1. The summed E-state index contributed by atoms with van der Waals surface area (Å²) in [5, 5.41) is 13.4. The zero-order chi connectivity index (χ0) is 11.4. The molecular weight excluding hydrogens is 220 g/mol. The highest BCUT2D eigenvalue weighted by Gasteiger charge is 1.99. The van der Waals surface area contributed by atoms with Crippen molar-refractivity contribution >= 4 is 11.8 Å². The van der Waals surface area contributed by atoms with Gasteiger partial charge in [0.2, 0.25) is 0 Å². The van der Waals surface area contributed by atoms with Crippen LogP contribution in [0.25, 0.3) is 0 Å². The van der Waals surface area contributed by atoms with E-state index in [2.05, 4.69) is 18.2 Å². The minimum atomic E-state index is 0.308. The Labute approximate surface area is 99.1 Å². The molecule has 0 saturated carbocycles. The monoisotopic (exact) mass is 234 g/mol. The fourth-order valence-corrected chi connectivity index (χ4v) is 2.17. The van der Waals surface area contributed by atoms with Crippen LogP contribution < -0.4 is 0 Å². The number of hydrogen-bond acceptors (Lipinski definition) is 3. The lowest BCUT2D eigenvalue weighted by molar-refractivity contribution is 0.475. The second-order valence-electron chi connectivity index (χ2n) is 3.49. The molecule has 0 aliphatic carbocycles. The zero-order valence-corrected chi connectivity index (χ0v) is 9.94. The van der Waals surface area contributed by atoms with E-state index in [4.69, 9.17) is 5.11 Å². The molecular formula is C12H14N2OS. The van der Waals surface area contributed by atoms with Gasteiger partial charge in [0, 0.05) is 29.0 Å². The Morgan fingerprint density at radius 2 is 2.06 bits per heavy atom. The number of aromatic hydroxyl groups is 1. The van der Waals surface area contributed by atoms with Crippen LogP contribution in [0.3, 0.4) is 0 Å². The second kappa shape index (κ2) is 5.07. The summed E-state index contributed by atoms with van der Waals surface area (Å²) < 4.78 is 1.92. The minimum absolute atomic E-state index is 0.308. The summed E-state index contributed by atoms with van der Waals surface area (Å²) in [7, 11) is 0. The predicted octanol–water partition coefficient (Wildman–Crippen LogP) is 2.90. The number of phenolic OH excluding ortho intramolecular Hbond substituents is 1. The lowest BCUT2D eigenvalue weighted by atomic mass is 10.3. The van der Waals surface area contributed by atoms with Crippen LogP contribution in [0.4, 0.5) is 0 Å². The first kappa shape index (κ1) is 11.1. The molecule has 0 saturated heterocycles. The quantitative estimate of drug-likeness (QED) is 0.827. The molecule has 3 nitrogen and oxygen atoms in total. The van der Waals surface area contributed by atoms with Gasteiger partial charge in [-0.25, -0.2) is 0 Å². The summed E-state index contributed by atoms with van der Waals surface area (Å²) >= 11 is 1.74. The molecule has 1 N–H and O–H groups in total. The highest BCUT2D eigenvalue weighted by molar-refractivity contribution is 7.98. The largest absolute Gasteiger partial charge is 0.508 e. The standard InChI is InChI=1S/C12H14N2OS/c1-2-14-8-10(7-13-14)9-16-12-5-3-11(15)4-6-12/h3-8,15H,2,9H2,1H3. The number of thioether (sulfide) groups is 1. The third-order valence-corrected chi connectivity index (χ3v) is 3.34. The van der Waals surface area contributed by atoms with Gasteiger partial charge in [0.1, 0.15) is 5.75 Å². The van der Waals surface area contributed by atoms with E-state index in [1.165, 1.54) is 5.56 Å². The number of aryl methyl sites for hydroxylation is 1. The van der Waals surface area contributed by atoms with Crippen molar-refractivity contribution in [1.29, 1.82) is 0 Å². The number of benzene rings is 1. The maximum atomic E-state index is 9.15. The summed E-state index contributed by atoms with van der Waals surface area (Å²) in [5.74, 6) is 1.22. The van der Waals surface area contributed by atoms with E-state index in [0.29, 0.717) is 5.75 Å². The van der Waals surface area contributed by atoms with Crippen LogP contribution in [0.1, 0.15) is 12.5 Å². The lowest BCUT2D eigenvalue weighted by Crippen LogP contribution is -1.92. The van der Waals surface area contributed by atoms with E-state index in [0.717, 1.165) is 17.2 Å². The van der Waals surface area contributed by atoms with Crippen molar-refractivity contribution in [1.82, 2.24) is 9.78 Å². The van der Waals surface area contributed by atoms with Crippen LogP contribution >= 0.6 is 11.8 Å². The molecule has 0 unspecified atom stereocenters. The van der Waals surface area contributed by atoms with Gasteiger partial charge < -0.3 is 5.11 Å². The zero-order valence-electron chi connectivity index (χ0n) is 9.13. The highest BCUT2D eigenvalue weighted by Crippen LogP contribution is 2.24. The van der Waals surface area contributed by atoms with Crippen molar-refractivity contribution in [3.63, 3.8) is 0 Å². The van der Waals surface area contributed by atoms with Crippen molar-refractivity contribution in [2.45, 2.75) is 24.1 Å². The van der Waals surface area contributed by atoms with Gasteiger partial charge in [-0.05, 0) is 31.2 Å². The molecule has 84 valence electrons. The molecule has 0 atom stereocenters. The van der Waals surface area contributed by atoms with Crippen molar-refractivity contribution in [3.8, 4) is 5.75 Å². The Kier molecular flexibility index (Phi) is 3.51. The molecule has 2 aromatic rings. The Hall–Kier alpha value is -1.42. The van der Waals surface area contributed by atoms with Crippen LogP contribution in [-0.2, 0) is 12.3 Å². The van der Waals surface area contributed by atoms with Crippen molar-refractivity contribution in [2.75, 3.05) is 0 Å².